The van der Waals surface area contributed by atoms with E-state index in [-0.39, 0.29) is 33.6 Å². The van der Waals surface area contributed by atoms with Crippen molar-refractivity contribution in [3.8, 4) is 0 Å². The first-order chi connectivity index (χ1) is 48.9. The number of hydrogen-bond donors (Lipinski definition) is 2. The molecule has 3 heterocycles. The number of carbonyl (C=O) groups is 4. The van der Waals surface area contributed by atoms with E-state index in [9.17, 15) is 29.4 Å². The first-order valence-electron chi connectivity index (χ1n) is 38.6. The summed E-state index contributed by atoms with van der Waals surface area (Å²) in [4.78, 5) is 64.6. The summed E-state index contributed by atoms with van der Waals surface area (Å²) in [5.74, 6) is 2.34. The van der Waals surface area contributed by atoms with Crippen LogP contribution in [0.15, 0.2) is 170 Å². The van der Waals surface area contributed by atoms with Gasteiger partial charge in [0.2, 0.25) is 0 Å². The van der Waals surface area contributed by atoms with Crippen molar-refractivity contribution in [2.24, 2.45) is 17.8 Å². The zero-order valence-electron chi connectivity index (χ0n) is 61.3. The van der Waals surface area contributed by atoms with E-state index in [1.165, 1.54) is 44.5 Å². The van der Waals surface area contributed by atoms with E-state index in [4.69, 9.17) is 0 Å². The van der Waals surface area contributed by atoms with Crippen molar-refractivity contribution < 1.29 is 29.4 Å². The molecular formula is C92H109N3O6. The van der Waals surface area contributed by atoms with Gasteiger partial charge in [0, 0.05) is 97.3 Å². The molecule has 14 rings (SSSR count). The Morgan fingerprint density at radius 1 is 0.416 bits per heavy atom. The van der Waals surface area contributed by atoms with E-state index in [1.807, 2.05) is 75.4 Å². The molecule has 6 aliphatic rings. The Labute approximate surface area is 602 Å². The molecule has 5 aromatic carbocycles. The third-order valence-electron chi connectivity index (χ3n) is 25.1. The van der Waals surface area contributed by atoms with Crippen molar-refractivity contribution in [3.05, 3.63) is 265 Å². The van der Waals surface area contributed by atoms with Crippen LogP contribution >= 0.6 is 0 Å². The van der Waals surface area contributed by atoms with Crippen LogP contribution in [0.1, 0.15) is 265 Å². The fourth-order valence-corrected chi connectivity index (χ4v) is 20.1. The molecule has 6 aliphatic carbocycles. The maximum Gasteiger partial charge on any atom is 0.167 e. The molecule has 0 amide bonds. The molecule has 8 atom stereocenters. The molecular weight excluding hydrogens is 1240 g/mol. The highest BCUT2D eigenvalue weighted by Gasteiger charge is 2.52. The third-order valence-corrected chi connectivity index (χ3v) is 25.1. The molecule has 8 aromatic rings. The lowest BCUT2D eigenvalue weighted by atomic mass is 9.55. The van der Waals surface area contributed by atoms with Gasteiger partial charge < -0.3 is 10.2 Å². The summed E-state index contributed by atoms with van der Waals surface area (Å²) in [7, 11) is 0. The number of ketones is 4. The molecule has 2 N–H and O–H groups in total. The van der Waals surface area contributed by atoms with E-state index in [1.54, 1.807) is 18.6 Å². The minimum absolute atomic E-state index is 0.102. The van der Waals surface area contributed by atoms with E-state index in [2.05, 4.69) is 133 Å². The predicted octanol–water partition coefficient (Wildman–Crippen LogP) is 19.5. The minimum Gasteiger partial charge on any atom is -0.390 e. The molecule has 0 spiro atoms. The summed E-state index contributed by atoms with van der Waals surface area (Å²) in [5.41, 5.74) is 18.1. The number of hydrogen-bond acceptors (Lipinski definition) is 9. The SMILES string of the molecule is CCC[C@@]12CCC(=O)C[C@@H]1CCCc1cc(C(=O)Cc3cccnc3C)ccc12.CCC[C@@]12CC[C@@](O)(Cc3ccccc3)C[C@@H]1CCCc1cc(C(=O)Cc3cccnc3C)ccc12.CCC[C@@]12CC[C@](O)(Cc3ccccc3)C[C@@H]1CCCc1cc(C(=O)Cc3cccnc3C)ccc12. The summed E-state index contributed by atoms with van der Waals surface area (Å²) in [6.45, 7) is 12.7. The first-order valence-corrected chi connectivity index (χ1v) is 38.6. The van der Waals surface area contributed by atoms with Crippen molar-refractivity contribution in [1.29, 1.82) is 0 Å². The molecule has 0 saturated heterocycles. The van der Waals surface area contributed by atoms with E-state index in [0.717, 1.165) is 211 Å². The minimum atomic E-state index is -0.634. The molecule has 0 aliphatic heterocycles. The maximum atomic E-state index is 13.2. The van der Waals surface area contributed by atoms with E-state index >= 15 is 0 Å². The number of benzene rings is 5. The molecule has 3 aromatic heterocycles. The fourth-order valence-electron chi connectivity index (χ4n) is 20.1. The molecule has 0 bridgehead atoms. The summed E-state index contributed by atoms with van der Waals surface area (Å²) in [6, 6.07) is 52.1. The standard InChI is InChI=1S/2C33H39NO2.C26H31NO2/c2*1-3-16-33-18-17-32(36,22-25-9-5-4-6-10-25)23-29(33)13-7-11-27-20-28(14-15-30(27)33)31(35)21-26-12-8-19-34-24(26)2;1-3-12-26-13-11-23(28)17-22(26)8-4-6-20-15-21(9-10-24(20)26)25(29)16-19-7-5-14-27-18(19)2/h2*4-6,8-10,12,14-15,19-20,29,36H,3,7,11,13,16-18,21-23H2,1-2H3;5,7,9-10,14-15,22H,3-4,6,8,11-13,16-17H2,1-2H3/t29-,32+,33+;29-,32-,33+;22-,26+/m000/s1. The van der Waals surface area contributed by atoms with Gasteiger partial charge in [0.1, 0.15) is 5.78 Å². The van der Waals surface area contributed by atoms with Gasteiger partial charge in [0.15, 0.2) is 17.3 Å². The van der Waals surface area contributed by atoms with Crippen LogP contribution in [0, 0.1) is 38.5 Å². The maximum absolute atomic E-state index is 13.2. The van der Waals surface area contributed by atoms with Crippen LogP contribution in [0.4, 0.5) is 0 Å². The number of fused-ring (bicyclic) bond motifs is 9. The molecule has 101 heavy (non-hydrogen) atoms. The largest absolute Gasteiger partial charge is 0.390 e. The molecule has 3 saturated carbocycles. The number of aromatic nitrogens is 3. The monoisotopic (exact) mass is 1350 g/mol. The van der Waals surface area contributed by atoms with Gasteiger partial charge in [-0.25, -0.2) is 0 Å². The van der Waals surface area contributed by atoms with Gasteiger partial charge in [-0.3, -0.25) is 34.1 Å². The second-order valence-corrected chi connectivity index (χ2v) is 31.6. The fraction of sp³-hybridized carbons (Fsp3) is 0.467. The van der Waals surface area contributed by atoms with Gasteiger partial charge >= 0.3 is 0 Å². The van der Waals surface area contributed by atoms with Crippen molar-refractivity contribution in [2.75, 3.05) is 0 Å². The Kier molecular flexibility index (Phi) is 23.3. The van der Waals surface area contributed by atoms with Crippen LogP contribution in [0.5, 0.6) is 0 Å². The number of pyridine rings is 3. The smallest absolute Gasteiger partial charge is 0.167 e. The van der Waals surface area contributed by atoms with Crippen LogP contribution in [-0.2, 0) is 72.4 Å². The number of aliphatic hydroxyl groups is 2. The Morgan fingerprint density at radius 2 is 0.762 bits per heavy atom. The number of carbonyl (C=O) groups excluding carboxylic acids is 4. The van der Waals surface area contributed by atoms with E-state index in [0.29, 0.717) is 49.2 Å². The van der Waals surface area contributed by atoms with Crippen LogP contribution in [-0.4, -0.2) is 59.5 Å². The van der Waals surface area contributed by atoms with Crippen LogP contribution in [0.25, 0.3) is 0 Å². The Hall–Kier alpha value is -7.85. The molecule has 9 nitrogen and oxygen atoms in total. The zero-order valence-corrected chi connectivity index (χ0v) is 61.3. The number of nitrogens with zero attached hydrogens (tertiary/aromatic N) is 3. The second-order valence-electron chi connectivity index (χ2n) is 31.6. The van der Waals surface area contributed by atoms with Gasteiger partial charge in [0.05, 0.1) is 11.2 Å². The lowest BCUT2D eigenvalue weighted by molar-refractivity contribution is -0.123. The Bertz CT molecular complexity index is 4030. The molecule has 528 valence electrons. The lowest BCUT2D eigenvalue weighted by Crippen LogP contribution is -2.48. The Balaban J connectivity index is 0.000000144. The lowest BCUT2D eigenvalue weighted by Gasteiger charge is -2.50. The predicted molar refractivity (Wildman–Crippen MR) is 406 cm³/mol. The van der Waals surface area contributed by atoms with Crippen molar-refractivity contribution >= 4 is 23.1 Å². The highest BCUT2D eigenvalue weighted by atomic mass is 16.3. The molecule has 9 heteroatoms. The van der Waals surface area contributed by atoms with Crippen LogP contribution in [0.3, 0.4) is 0 Å². The van der Waals surface area contributed by atoms with E-state index < -0.39 is 11.2 Å². The first kappa shape index (κ1) is 72.9. The number of rotatable bonds is 19. The van der Waals surface area contributed by atoms with Gasteiger partial charge in [-0.05, 0) is 274 Å². The zero-order chi connectivity index (χ0) is 70.8. The van der Waals surface area contributed by atoms with Crippen LogP contribution < -0.4 is 0 Å². The quantitative estimate of drug-likeness (QED) is 0.0755. The molecule has 0 radical (unpaired) electrons. The number of Topliss-reactive ketones (excluding diaryl/α,β-unsaturated/α-hetero) is 4. The summed E-state index contributed by atoms with van der Waals surface area (Å²) >= 11 is 0. The van der Waals surface area contributed by atoms with Crippen molar-refractivity contribution in [2.45, 2.75) is 255 Å². The third kappa shape index (κ3) is 16.3. The molecule has 3 fully saturated rings. The van der Waals surface area contributed by atoms with Crippen molar-refractivity contribution in [3.63, 3.8) is 0 Å². The average molecular weight is 1350 g/mol. The highest BCUT2D eigenvalue weighted by Crippen LogP contribution is 2.57. The Morgan fingerprint density at radius 3 is 1.11 bits per heavy atom. The summed E-state index contributed by atoms with van der Waals surface area (Å²) in [5, 5.41) is 23.4. The average Bonchev–Trinajstić information content (AvgIpc) is 1.75. The number of aryl methyl sites for hydroxylation is 6. The van der Waals surface area contributed by atoms with Gasteiger partial charge in [-0.1, -0.05) is 155 Å². The highest BCUT2D eigenvalue weighted by molar-refractivity contribution is 5.99. The molecule has 0 unspecified atom stereocenters. The topological polar surface area (TPSA) is 147 Å². The van der Waals surface area contributed by atoms with Gasteiger partial charge in [0.25, 0.3) is 0 Å². The second kappa shape index (κ2) is 32.2. The summed E-state index contributed by atoms with van der Waals surface area (Å²) in [6.07, 6.45) is 32.4. The van der Waals surface area contributed by atoms with Crippen molar-refractivity contribution in [1.82, 2.24) is 15.0 Å². The van der Waals surface area contributed by atoms with Gasteiger partial charge in [-0.15, -0.1) is 0 Å². The summed E-state index contributed by atoms with van der Waals surface area (Å²) < 4.78 is 0. The van der Waals surface area contributed by atoms with Gasteiger partial charge in [-0.2, -0.15) is 0 Å². The van der Waals surface area contributed by atoms with Crippen LogP contribution in [0.2, 0.25) is 0 Å². The normalized spacial score (nSPS) is 25.0.